The molecule has 1 N–H and O–H groups in total. The number of aromatic nitrogens is 3. The summed E-state index contributed by atoms with van der Waals surface area (Å²) in [6.45, 7) is 3.06. The quantitative estimate of drug-likeness (QED) is 0.781. The molecular weight excluding hydrogens is 260 g/mol. The van der Waals surface area contributed by atoms with Crippen LogP contribution in [0, 0.1) is 0 Å². The fourth-order valence-corrected chi connectivity index (χ4v) is 2.79. The summed E-state index contributed by atoms with van der Waals surface area (Å²) in [5.74, 6) is 0. The van der Waals surface area contributed by atoms with Gasteiger partial charge in [0.2, 0.25) is 0 Å². The highest BCUT2D eigenvalue weighted by Crippen LogP contribution is 2.26. The Hall–Kier alpha value is -2.20. The van der Waals surface area contributed by atoms with Crippen LogP contribution >= 0.6 is 0 Å². The van der Waals surface area contributed by atoms with E-state index in [-0.39, 0.29) is 6.04 Å². The van der Waals surface area contributed by atoms with Gasteiger partial charge in [-0.1, -0.05) is 54.6 Å². The molecule has 0 aliphatic carbocycles. The molecule has 1 aromatic heterocycles. The highest BCUT2D eigenvalue weighted by molar-refractivity contribution is 5.86. The van der Waals surface area contributed by atoms with Gasteiger partial charge in [0, 0.05) is 25.7 Å². The first-order valence-corrected chi connectivity index (χ1v) is 7.34. The summed E-state index contributed by atoms with van der Waals surface area (Å²) in [6, 6.07) is 15.2. The first-order valence-electron chi connectivity index (χ1n) is 7.34. The molecule has 4 nitrogen and oxygen atoms in total. The topological polar surface area (TPSA) is 42.7 Å². The molecule has 2 aromatic carbocycles. The normalized spacial score (nSPS) is 12.7. The second-order valence-electron chi connectivity index (χ2n) is 5.27. The van der Waals surface area contributed by atoms with Crippen molar-refractivity contribution in [2.45, 2.75) is 19.4 Å². The Labute approximate surface area is 124 Å². The zero-order valence-corrected chi connectivity index (χ0v) is 12.5. The first kappa shape index (κ1) is 13.8. The zero-order valence-electron chi connectivity index (χ0n) is 12.5. The van der Waals surface area contributed by atoms with Crippen LogP contribution in [0.5, 0.6) is 0 Å². The smallest absolute Gasteiger partial charge is 0.0845 e. The van der Waals surface area contributed by atoms with Crippen LogP contribution < -0.4 is 5.32 Å². The van der Waals surface area contributed by atoms with E-state index in [2.05, 4.69) is 65.0 Å². The van der Waals surface area contributed by atoms with Crippen molar-refractivity contribution in [3.63, 3.8) is 0 Å². The number of benzene rings is 2. The van der Waals surface area contributed by atoms with Gasteiger partial charge in [-0.05, 0) is 22.9 Å². The molecule has 108 valence electrons. The number of nitrogens with zero attached hydrogens (tertiary/aromatic N) is 3. The summed E-state index contributed by atoms with van der Waals surface area (Å²) in [5.41, 5.74) is 2.33. The number of aryl methyl sites for hydroxylation is 1. The van der Waals surface area contributed by atoms with E-state index in [0.29, 0.717) is 0 Å². The summed E-state index contributed by atoms with van der Waals surface area (Å²) in [7, 11) is 1.90. The highest BCUT2D eigenvalue weighted by Gasteiger charge is 2.15. The standard InChI is InChI=1S/C17H20N4/c1-3-18-17(11-14-12-21(2)20-19-14)16-10-6-8-13-7-4-5-9-15(13)16/h4-10,12,17-18H,3,11H2,1-2H3. The van der Waals surface area contributed by atoms with E-state index in [4.69, 9.17) is 0 Å². The molecule has 0 bridgehead atoms. The number of hydrogen-bond acceptors (Lipinski definition) is 3. The third kappa shape index (κ3) is 2.95. The molecular formula is C17H20N4. The lowest BCUT2D eigenvalue weighted by Gasteiger charge is -2.19. The molecule has 0 fully saturated rings. The van der Waals surface area contributed by atoms with Crippen LogP contribution in [0.25, 0.3) is 10.8 Å². The van der Waals surface area contributed by atoms with Crippen LogP contribution in [0.4, 0.5) is 0 Å². The Morgan fingerprint density at radius 3 is 2.71 bits per heavy atom. The molecule has 0 saturated heterocycles. The second-order valence-corrected chi connectivity index (χ2v) is 5.27. The Morgan fingerprint density at radius 2 is 1.95 bits per heavy atom. The Morgan fingerprint density at radius 1 is 1.14 bits per heavy atom. The largest absolute Gasteiger partial charge is 0.310 e. The van der Waals surface area contributed by atoms with E-state index >= 15 is 0 Å². The summed E-state index contributed by atoms with van der Waals surface area (Å²) < 4.78 is 1.75. The number of nitrogens with one attached hydrogen (secondary N) is 1. The molecule has 3 aromatic rings. The maximum atomic E-state index is 4.22. The third-order valence-corrected chi connectivity index (χ3v) is 3.71. The molecule has 0 aliphatic rings. The molecule has 0 aliphatic heterocycles. The van der Waals surface area contributed by atoms with Crippen LogP contribution in [0.2, 0.25) is 0 Å². The van der Waals surface area contributed by atoms with Gasteiger partial charge in [-0.15, -0.1) is 5.10 Å². The minimum Gasteiger partial charge on any atom is -0.310 e. The van der Waals surface area contributed by atoms with Crippen LogP contribution in [-0.4, -0.2) is 21.5 Å². The van der Waals surface area contributed by atoms with Crippen LogP contribution in [-0.2, 0) is 13.5 Å². The van der Waals surface area contributed by atoms with Crippen molar-refractivity contribution < 1.29 is 0 Å². The lowest BCUT2D eigenvalue weighted by Crippen LogP contribution is -2.23. The van der Waals surface area contributed by atoms with E-state index in [9.17, 15) is 0 Å². The van der Waals surface area contributed by atoms with E-state index in [1.54, 1.807) is 4.68 Å². The van der Waals surface area contributed by atoms with Crippen molar-refractivity contribution in [1.82, 2.24) is 20.3 Å². The summed E-state index contributed by atoms with van der Waals surface area (Å²) in [4.78, 5) is 0. The minimum absolute atomic E-state index is 0.248. The van der Waals surface area contributed by atoms with Gasteiger partial charge >= 0.3 is 0 Å². The van der Waals surface area contributed by atoms with Crippen LogP contribution in [0.3, 0.4) is 0 Å². The lowest BCUT2D eigenvalue weighted by molar-refractivity contribution is 0.547. The molecule has 4 heteroatoms. The van der Waals surface area contributed by atoms with Gasteiger partial charge in [-0.25, -0.2) is 0 Å². The van der Waals surface area contributed by atoms with E-state index in [1.807, 2.05) is 13.2 Å². The van der Waals surface area contributed by atoms with Crippen molar-refractivity contribution in [1.29, 1.82) is 0 Å². The van der Waals surface area contributed by atoms with Gasteiger partial charge in [0.1, 0.15) is 0 Å². The molecule has 1 heterocycles. The molecule has 0 saturated carbocycles. The van der Waals surface area contributed by atoms with E-state index in [1.165, 1.54) is 16.3 Å². The SMILES string of the molecule is CCNC(Cc1cn(C)nn1)c1cccc2ccccc12. The fourth-order valence-electron chi connectivity index (χ4n) is 2.79. The zero-order chi connectivity index (χ0) is 14.7. The molecule has 1 unspecified atom stereocenters. The predicted octanol–water partition coefficient (Wildman–Crippen LogP) is 2.86. The minimum atomic E-state index is 0.248. The molecule has 1 atom stereocenters. The van der Waals surface area contributed by atoms with Crippen molar-refractivity contribution in [2.24, 2.45) is 7.05 Å². The lowest BCUT2D eigenvalue weighted by atomic mass is 9.96. The predicted molar refractivity (Wildman–Crippen MR) is 85.1 cm³/mol. The Balaban J connectivity index is 1.98. The Bertz CT molecular complexity index is 727. The third-order valence-electron chi connectivity index (χ3n) is 3.71. The summed E-state index contributed by atoms with van der Waals surface area (Å²) >= 11 is 0. The van der Waals surface area contributed by atoms with Crippen molar-refractivity contribution in [2.75, 3.05) is 6.54 Å². The summed E-state index contributed by atoms with van der Waals surface area (Å²) in [6.07, 6.45) is 2.82. The number of fused-ring (bicyclic) bond motifs is 1. The van der Waals surface area contributed by atoms with E-state index < -0.39 is 0 Å². The van der Waals surface area contributed by atoms with Crippen LogP contribution in [0.15, 0.2) is 48.7 Å². The average Bonchev–Trinajstić information content (AvgIpc) is 2.91. The first-order chi connectivity index (χ1) is 10.3. The molecule has 3 rings (SSSR count). The maximum absolute atomic E-state index is 4.22. The molecule has 0 amide bonds. The van der Waals surface area contributed by atoms with Gasteiger partial charge in [0.05, 0.1) is 5.69 Å². The number of rotatable bonds is 5. The van der Waals surface area contributed by atoms with Crippen molar-refractivity contribution in [3.8, 4) is 0 Å². The van der Waals surface area contributed by atoms with E-state index in [0.717, 1.165) is 18.7 Å². The maximum Gasteiger partial charge on any atom is 0.0845 e. The molecule has 0 spiro atoms. The highest BCUT2D eigenvalue weighted by atomic mass is 15.4. The van der Waals surface area contributed by atoms with Crippen molar-refractivity contribution >= 4 is 10.8 Å². The molecule has 0 radical (unpaired) electrons. The van der Waals surface area contributed by atoms with Gasteiger partial charge in [-0.3, -0.25) is 4.68 Å². The number of likely N-dealkylation sites (N-methyl/N-ethyl adjacent to an activating group) is 1. The monoisotopic (exact) mass is 280 g/mol. The van der Waals surface area contributed by atoms with Gasteiger partial charge in [0.15, 0.2) is 0 Å². The van der Waals surface area contributed by atoms with Gasteiger partial charge in [-0.2, -0.15) is 0 Å². The Kier molecular flexibility index (Phi) is 3.97. The molecule has 21 heavy (non-hydrogen) atoms. The average molecular weight is 280 g/mol. The number of hydrogen-bond donors (Lipinski definition) is 1. The second kappa shape index (κ2) is 6.06. The fraction of sp³-hybridized carbons (Fsp3) is 0.294. The summed E-state index contributed by atoms with van der Waals surface area (Å²) in [5, 5.41) is 14.4. The van der Waals surface area contributed by atoms with Crippen LogP contribution in [0.1, 0.15) is 24.2 Å². The van der Waals surface area contributed by atoms with Gasteiger partial charge in [0.25, 0.3) is 0 Å². The van der Waals surface area contributed by atoms with Crippen molar-refractivity contribution in [3.05, 3.63) is 59.9 Å². The van der Waals surface area contributed by atoms with Gasteiger partial charge < -0.3 is 5.32 Å².